The zero-order chi connectivity index (χ0) is 11.0. The van der Waals surface area contributed by atoms with E-state index in [1.165, 1.54) is 0 Å². The van der Waals surface area contributed by atoms with Crippen LogP contribution in [0.5, 0.6) is 0 Å². The number of nitrogens with zero attached hydrogens (tertiary/aromatic N) is 1. The molecule has 0 aliphatic heterocycles. The quantitative estimate of drug-likeness (QED) is 0.267. The van der Waals surface area contributed by atoms with Gasteiger partial charge < -0.3 is 5.32 Å². The maximum Gasteiger partial charge on any atom is 0.205 e. The highest BCUT2D eigenvalue weighted by molar-refractivity contribution is 5.80. The van der Waals surface area contributed by atoms with Gasteiger partial charge in [-0.1, -0.05) is 27.7 Å². The molecule has 0 heterocycles. The third kappa shape index (κ3) is 1.59. The maximum absolute atomic E-state index is 5.37. The molecule has 0 aromatic heterocycles. The van der Waals surface area contributed by atoms with E-state index in [0.29, 0.717) is 22.8 Å². The Bertz CT molecular complexity index is 229. The van der Waals surface area contributed by atoms with Crippen LogP contribution in [0, 0.1) is 10.8 Å². The molecule has 0 saturated heterocycles. The van der Waals surface area contributed by atoms with Gasteiger partial charge in [-0.2, -0.15) is 0 Å². The molecule has 0 bridgehead atoms. The Morgan fingerprint density at radius 1 is 1.29 bits per heavy atom. The standard InChI is InChI=1S/C10H22N4/c1-6-12-8(14-11)13-7-9(2,3)10(7,4)5/h7H,6,11H2,1-5H3,(H2,12,13,14). The topological polar surface area (TPSA) is 62.4 Å². The Balaban J connectivity index is 2.60. The van der Waals surface area contributed by atoms with Crippen LogP contribution in [-0.2, 0) is 0 Å². The van der Waals surface area contributed by atoms with Crippen molar-refractivity contribution < 1.29 is 0 Å². The normalized spacial score (nSPS) is 24.6. The fourth-order valence-electron chi connectivity index (χ4n) is 1.98. The van der Waals surface area contributed by atoms with E-state index < -0.39 is 0 Å². The van der Waals surface area contributed by atoms with Gasteiger partial charge in [-0.15, -0.1) is 0 Å². The van der Waals surface area contributed by atoms with Crippen molar-refractivity contribution in [3.05, 3.63) is 0 Å². The summed E-state index contributed by atoms with van der Waals surface area (Å²) in [5.41, 5.74) is 3.20. The molecule has 0 atom stereocenters. The van der Waals surface area contributed by atoms with Crippen molar-refractivity contribution in [1.29, 1.82) is 0 Å². The molecule has 0 unspecified atom stereocenters. The Kier molecular flexibility index (Phi) is 2.76. The molecule has 82 valence electrons. The van der Waals surface area contributed by atoms with Gasteiger partial charge in [0.2, 0.25) is 5.96 Å². The summed E-state index contributed by atoms with van der Waals surface area (Å²) in [6.07, 6.45) is 0. The second kappa shape index (κ2) is 3.42. The van der Waals surface area contributed by atoms with Gasteiger partial charge in [0.05, 0.1) is 0 Å². The van der Waals surface area contributed by atoms with Crippen molar-refractivity contribution in [2.45, 2.75) is 40.7 Å². The third-order valence-electron chi connectivity index (χ3n) is 3.75. The minimum Gasteiger partial charge on any atom is -0.351 e. The summed E-state index contributed by atoms with van der Waals surface area (Å²) in [6, 6.07) is 0.441. The number of rotatable bonds is 2. The second-order valence-electron chi connectivity index (χ2n) is 4.99. The van der Waals surface area contributed by atoms with Crippen LogP contribution in [0.15, 0.2) is 4.99 Å². The highest BCUT2D eigenvalue weighted by Gasteiger charge is 2.65. The zero-order valence-electron chi connectivity index (χ0n) is 9.81. The zero-order valence-corrected chi connectivity index (χ0v) is 9.81. The lowest BCUT2D eigenvalue weighted by atomic mass is 10.0. The van der Waals surface area contributed by atoms with Crippen LogP contribution in [0.4, 0.5) is 0 Å². The van der Waals surface area contributed by atoms with E-state index in [1.807, 2.05) is 6.92 Å². The molecule has 0 spiro atoms. The number of nitrogens with two attached hydrogens (primary N) is 1. The first-order valence-corrected chi connectivity index (χ1v) is 5.15. The Morgan fingerprint density at radius 2 is 1.79 bits per heavy atom. The number of hydrazine groups is 1. The summed E-state index contributed by atoms with van der Waals surface area (Å²) >= 11 is 0. The van der Waals surface area contributed by atoms with E-state index in [4.69, 9.17) is 5.84 Å². The summed E-state index contributed by atoms with van der Waals surface area (Å²) in [5.74, 6) is 6.06. The van der Waals surface area contributed by atoms with Crippen LogP contribution >= 0.6 is 0 Å². The van der Waals surface area contributed by atoms with Gasteiger partial charge in [0, 0.05) is 12.6 Å². The molecule has 1 rings (SSSR count). The van der Waals surface area contributed by atoms with Crippen LogP contribution in [0.25, 0.3) is 0 Å². The predicted molar refractivity (Wildman–Crippen MR) is 59.8 cm³/mol. The van der Waals surface area contributed by atoms with Crippen LogP contribution in [0.1, 0.15) is 34.6 Å². The molecule has 4 heteroatoms. The van der Waals surface area contributed by atoms with Crippen LogP contribution in [0.2, 0.25) is 0 Å². The molecule has 0 radical (unpaired) electrons. The molecule has 0 amide bonds. The fraction of sp³-hybridized carbons (Fsp3) is 0.900. The third-order valence-corrected chi connectivity index (χ3v) is 3.75. The Morgan fingerprint density at radius 3 is 2.07 bits per heavy atom. The predicted octanol–water partition coefficient (Wildman–Crippen LogP) is 0.850. The molecule has 14 heavy (non-hydrogen) atoms. The summed E-state index contributed by atoms with van der Waals surface area (Å²) in [6.45, 7) is 11.7. The summed E-state index contributed by atoms with van der Waals surface area (Å²) in [7, 11) is 0. The SMILES string of the molecule is CCN=C(NN)NC1C(C)(C)C1(C)C. The van der Waals surface area contributed by atoms with Crippen molar-refractivity contribution in [3.63, 3.8) is 0 Å². The van der Waals surface area contributed by atoms with Gasteiger partial charge >= 0.3 is 0 Å². The molecule has 1 saturated carbocycles. The Labute approximate surface area is 86.3 Å². The molecule has 0 aromatic carbocycles. The summed E-state index contributed by atoms with van der Waals surface area (Å²) < 4.78 is 0. The number of nitrogens with one attached hydrogen (secondary N) is 2. The molecule has 0 aromatic rings. The molecule has 1 aliphatic rings. The number of hydrogen-bond donors (Lipinski definition) is 3. The lowest BCUT2D eigenvalue weighted by molar-refractivity contribution is 0.457. The van der Waals surface area contributed by atoms with Crippen LogP contribution in [-0.4, -0.2) is 18.5 Å². The average Bonchev–Trinajstić information content (AvgIpc) is 2.46. The largest absolute Gasteiger partial charge is 0.351 e. The Hall–Kier alpha value is -0.770. The number of guanidine groups is 1. The van der Waals surface area contributed by atoms with Crippen molar-refractivity contribution in [3.8, 4) is 0 Å². The highest BCUT2D eigenvalue weighted by atomic mass is 15.3. The number of hydrogen-bond acceptors (Lipinski definition) is 2. The maximum atomic E-state index is 5.37. The van der Waals surface area contributed by atoms with Gasteiger partial charge in [-0.3, -0.25) is 10.4 Å². The summed E-state index contributed by atoms with van der Waals surface area (Å²) in [5, 5.41) is 3.34. The molecular formula is C10H22N4. The van der Waals surface area contributed by atoms with Crippen molar-refractivity contribution in [2.75, 3.05) is 6.54 Å². The first-order valence-electron chi connectivity index (χ1n) is 5.15. The fourth-order valence-corrected chi connectivity index (χ4v) is 1.98. The van der Waals surface area contributed by atoms with Gasteiger partial charge in [-0.05, 0) is 17.8 Å². The minimum atomic E-state index is 0.304. The van der Waals surface area contributed by atoms with E-state index in [9.17, 15) is 0 Å². The number of aliphatic imine (C=N–C) groups is 1. The highest BCUT2D eigenvalue weighted by Crippen LogP contribution is 2.62. The van der Waals surface area contributed by atoms with E-state index in [1.54, 1.807) is 0 Å². The van der Waals surface area contributed by atoms with E-state index in [2.05, 4.69) is 43.4 Å². The smallest absolute Gasteiger partial charge is 0.205 e. The van der Waals surface area contributed by atoms with Crippen molar-refractivity contribution in [2.24, 2.45) is 21.7 Å². The van der Waals surface area contributed by atoms with Gasteiger partial charge in [0.25, 0.3) is 0 Å². The lowest BCUT2D eigenvalue weighted by Crippen LogP contribution is -2.44. The monoisotopic (exact) mass is 198 g/mol. The van der Waals surface area contributed by atoms with Crippen LogP contribution in [0.3, 0.4) is 0 Å². The van der Waals surface area contributed by atoms with Gasteiger partial charge in [-0.25, -0.2) is 5.84 Å². The average molecular weight is 198 g/mol. The van der Waals surface area contributed by atoms with Crippen LogP contribution < -0.4 is 16.6 Å². The molecule has 4 N–H and O–H groups in total. The minimum absolute atomic E-state index is 0.304. The van der Waals surface area contributed by atoms with E-state index >= 15 is 0 Å². The van der Waals surface area contributed by atoms with Gasteiger partial charge in [0.15, 0.2) is 0 Å². The molecule has 4 nitrogen and oxygen atoms in total. The molecule has 1 fully saturated rings. The first-order chi connectivity index (χ1) is 6.37. The van der Waals surface area contributed by atoms with E-state index in [0.717, 1.165) is 6.54 Å². The molecule has 1 aliphatic carbocycles. The second-order valence-corrected chi connectivity index (χ2v) is 4.99. The molecular weight excluding hydrogens is 176 g/mol. The summed E-state index contributed by atoms with van der Waals surface area (Å²) in [4.78, 5) is 4.22. The first kappa shape index (κ1) is 11.3. The van der Waals surface area contributed by atoms with Crippen molar-refractivity contribution in [1.82, 2.24) is 10.7 Å². The van der Waals surface area contributed by atoms with Gasteiger partial charge in [0.1, 0.15) is 0 Å². The van der Waals surface area contributed by atoms with E-state index in [-0.39, 0.29) is 0 Å². The van der Waals surface area contributed by atoms with Crippen molar-refractivity contribution >= 4 is 5.96 Å². The lowest BCUT2D eigenvalue weighted by Gasteiger charge is -2.10.